The van der Waals surface area contributed by atoms with Crippen LogP contribution in [0.3, 0.4) is 0 Å². The molecule has 1 aromatic rings. The molecule has 0 bridgehead atoms. The number of benzene rings is 1. The first-order chi connectivity index (χ1) is 9.70. The fraction of sp³-hybridized carbons (Fsp3) is 0.562. The van der Waals surface area contributed by atoms with Crippen LogP contribution in [0.5, 0.6) is 0 Å². The smallest absolute Gasteiger partial charge is 0.312 e. The Hall–Kier alpha value is -1.39. The van der Waals surface area contributed by atoms with Crippen LogP contribution >= 0.6 is 0 Å². The highest BCUT2D eigenvalue weighted by Crippen LogP contribution is 2.23. The number of rotatable bonds is 6. The van der Waals surface area contributed by atoms with Crippen molar-refractivity contribution in [1.29, 1.82) is 0 Å². The number of carbonyl (C=O) groups is 1. The van der Waals surface area contributed by atoms with Gasteiger partial charge in [-0.25, -0.2) is 0 Å². The lowest BCUT2D eigenvalue weighted by atomic mass is 9.92. The SMILES string of the molecule is NCCC1CCCN(CC(C(=O)O)c2ccccc2)C1. The van der Waals surface area contributed by atoms with Crippen LogP contribution in [0.1, 0.15) is 30.7 Å². The molecular formula is C16H24N2O2. The average molecular weight is 276 g/mol. The Labute approximate surface area is 120 Å². The van der Waals surface area contributed by atoms with Crippen LogP contribution < -0.4 is 5.73 Å². The van der Waals surface area contributed by atoms with E-state index in [0.29, 0.717) is 12.5 Å². The van der Waals surface area contributed by atoms with Crippen LogP contribution in [0.15, 0.2) is 30.3 Å². The van der Waals surface area contributed by atoms with Crippen molar-refractivity contribution in [2.75, 3.05) is 26.2 Å². The van der Waals surface area contributed by atoms with Gasteiger partial charge < -0.3 is 15.7 Å². The summed E-state index contributed by atoms with van der Waals surface area (Å²) in [5.41, 5.74) is 6.52. The summed E-state index contributed by atoms with van der Waals surface area (Å²) in [6.07, 6.45) is 3.40. The molecule has 1 aliphatic rings. The Bertz CT molecular complexity index is 420. The molecule has 0 radical (unpaired) electrons. The number of piperidine rings is 1. The van der Waals surface area contributed by atoms with E-state index in [4.69, 9.17) is 5.73 Å². The number of hydrogen-bond donors (Lipinski definition) is 2. The largest absolute Gasteiger partial charge is 0.481 e. The number of carboxylic acid groups (broad SMARTS) is 1. The lowest BCUT2D eigenvalue weighted by Crippen LogP contribution is -2.40. The molecule has 2 unspecified atom stereocenters. The summed E-state index contributed by atoms with van der Waals surface area (Å²) in [7, 11) is 0. The van der Waals surface area contributed by atoms with Crippen molar-refractivity contribution in [2.45, 2.75) is 25.2 Å². The van der Waals surface area contributed by atoms with Gasteiger partial charge in [0.05, 0.1) is 5.92 Å². The zero-order valence-electron chi connectivity index (χ0n) is 11.9. The fourth-order valence-corrected chi connectivity index (χ4v) is 3.06. The van der Waals surface area contributed by atoms with E-state index in [9.17, 15) is 9.90 Å². The van der Waals surface area contributed by atoms with E-state index in [1.165, 1.54) is 6.42 Å². The molecule has 1 saturated heterocycles. The van der Waals surface area contributed by atoms with Crippen molar-refractivity contribution in [3.8, 4) is 0 Å². The molecule has 110 valence electrons. The maximum absolute atomic E-state index is 11.5. The zero-order chi connectivity index (χ0) is 14.4. The van der Waals surface area contributed by atoms with Gasteiger partial charge in [-0.2, -0.15) is 0 Å². The molecule has 1 fully saturated rings. The second-order valence-electron chi connectivity index (χ2n) is 5.65. The van der Waals surface area contributed by atoms with Gasteiger partial charge in [-0.3, -0.25) is 4.79 Å². The van der Waals surface area contributed by atoms with Gasteiger partial charge >= 0.3 is 5.97 Å². The third-order valence-corrected chi connectivity index (χ3v) is 4.12. The van der Waals surface area contributed by atoms with Crippen molar-refractivity contribution < 1.29 is 9.90 Å². The Balaban J connectivity index is 2.00. The molecular weight excluding hydrogens is 252 g/mol. The topological polar surface area (TPSA) is 66.6 Å². The number of likely N-dealkylation sites (tertiary alicyclic amines) is 1. The first kappa shape index (κ1) is 15.0. The van der Waals surface area contributed by atoms with E-state index in [1.807, 2.05) is 30.3 Å². The minimum Gasteiger partial charge on any atom is -0.481 e. The van der Waals surface area contributed by atoms with E-state index in [1.54, 1.807) is 0 Å². The van der Waals surface area contributed by atoms with Crippen molar-refractivity contribution in [2.24, 2.45) is 11.7 Å². The molecule has 2 atom stereocenters. The molecule has 1 aromatic carbocycles. The molecule has 0 saturated carbocycles. The summed E-state index contributed by atoms with van der Waals surface area (Å²) in [5, 5.41) is 9.48. The van der Waals surface area contributed by atoms with Crippen LogP contribution in [0.2, 0.25) is 0 Å². The standard InChI is InChI=1S/C16H24N2O2/c17-9-8-13-5-4-10-18(11-13)12-15(16(19)20)14-6-2-1-3-7-14/h1-3,6-7,13,15H,4-5,8-12,17H2,(H,19,20). The average Bonchev–Trinajstić information content (AvgIpc) is 2.46. The van der Waals surface area contributed by atoms with Gasteiger partial charge in [0.25, 0.3) is 0 Å². The third kappa shape index (κ3) is 4.05. The predicted octanol–water partition coefficient (Wildman–Crippen LogP) is 1.92. The number of aliphatic carboxylic acids is 1. The Kier molecular flexibility index (Phi) is 5.56. The molecule has 4 heteroatoms. The van der Waals surface area contributed by atoms with Gasteiger partial charge in [0.2, 0.25) is 0 Å². The Morgan fingerprint density at radius 1 is 1.40 bits per heavy atom. The monoisotopic (exact) mass is 276 g/mol. The molecule has 0 aromatic heterocycles. The lowest BCUT2D eigenvalue weighted by Gasteiger charge is -2.34. The number of nitrogens with zero attached hydrogens (tertiary/aromatic N) is 1. The molecule has 2 rings (SSSR count). The predicted molar refractivity (Wildman–Crippen MR) is 79.7 cm³/mol. The van der Waals surface area contributed by atoms with Crippen molar-refractivity contribution >= 4 is 5.97 Å². The van der Waals surface area contributed by atoms with E-state index in [2.05, 4.69) is 4.90 Å². The number of hydrogen-bond acceptors (Lipinski definition) is 3. The summed E-state index contributed by atoms with van der Waals surface area (Å²) in [6, 6.07) is 9.53. The second-order valence-corrected chi connectivity index (χ2v) is 5.65. The third-order valence-electron chi connectivity index (χ3n) is 4.12. The summed E-state index contributed by atoms with van der Waals surface area (Å²) in [4.78, 5) is 13.8. The first-order valence-corrected chi connectivity index (χ1v) is 7.41. The van der Waals surface area contributed by atoms with Crippen molar-refractivity contribution in [1.82, 2.24) is 4.90 Å². The van der Waals surface area contributed by atoms with Crippen LogP contribution in [0.25, 0.3) is 0 Å². The van der Waals surface area contributed by atoms with Crippen LogP contribution in [0, 0.1) is 5.92 Å². The minimum atomic E-state index is -0.739. The molecule has 3 N–H and O–H groups in total. The summed E-state index contributed by atoms with van der Waals surface area (Å²) in [5.74, 6) is -0.552. The van der Waals surface area contributed by atoms with E-state index < -0.39 is 11.9 Å². The van der Waals surface area contributed by atoms with Gasteiger partial charge in [-0.15, -0.1) is 0 Å². The van der Waals surface area contributed by atoms with E-state index in [0.717, 1.165) is 38.0 Å². The summed E-state index contributed by atoms with van der Waals surface area (Å²) < 4.78 is 0. The number of nitrogens with two attached hydrogens (primary N) is 1. The first-order valence-electron chi connectivity index (χ1n) is 7.41. The molecule has 1 aliphatic heterocycles. The van der Waals surface area contributed by atoms with Gasteiger partial charge in [-0.05, 0) is 43.8 Å². The van der Waals surface area contributed by atoms with Gasteiger partial charge in [0, 0.05) is 13.1 Å². The van der Waals surface area contributed by atoms with Gasteiger partial charge in [0.15, 0.2) is 0 Å². The Morgan fingerprint density at radius 2 is 2.15 bits per heavy atom. The second kappa shape index (κ2) is 7.41. The number of carboxylic acids is 1. The highest BCUT2D eigenvalue weighted by atomic mass is 16.4. The van der Waals surface area contributed by atoms with Crippen molar-refractivity contribution in [3.63, 3.8) is 0 Å². The summed E-state index contributed by atoms with van der Waals surface area (Å²) in [6.45, 7) is 3.30. The quantitative estimate of drug-likeness (QED) is 0.833. The van der Waals surface area contributed by atoms with Gasteiger partial charge in [-0.1, -0.05) is 30.3 Å². The minimum absolute atomic E-state index is 0.437. The van der Waals surface area contributed by atoms with Crippen molar-refractivity contribution in [3.05, 3.63) is 35.9 Å². The normalized spacial score (nSPS) is 21.6. The van der Waals surface area contributed by atoms with Crippen LogP contribution in [-0.4, -0.2) is 42.2 Å². The maximum atomic E-state index is 11.5. The molecule has 1 heterocycles. The Morgan fingerprint density at radius 3 is 2.80 bits per heavy atom. The van der Waals surface area contributed by atoms with Crippen LogP contribution in [-0.2, 0) is 4.79 Å². The molecule has 0 amide bonds. The van der Waals surface area contributed by atoms with E-state index >= 15 is 0 Å². The van der Waals surface area contributed by atoms with Gasteiger partial charge in [0.1, 0.15) is 0 Å². The zero-order valence-corrected chi connectivity index (χ0v) is 11.9. The highest BCUT2D eigenvalue weighted by molar-refractivity contribution is 5.76. The highest BCUT2D eigenvalue weighted by Gasteiger charge is 2.26. The van der Waals surface area contributed by atoms with Crippen LogP contribution in [0.4, 0.5) is 0 Å². The molecule has 0 spiro atoms. The lowest BCUT2D eigenvalue weighted by molar-refractivity contribution is -0.139. The molecule has 20 heavy (non-hydrogen) atoms. The van der Waals surface area contributed by atoms with E-state index in [-0.39, 0.29) is 0 Å². The maximum Gasteiger partial charge on any atom is 0.312 e. The molecule has 0 aliphatic carbocycles. The fourth-order valence-electron chi connectivity index (χ4n) is 3.06. The molecule has 4 nitrogen and oxygen atoms in total. The summed E-state index contributed by atoms with van der Waals surface area (Å²) >= 11 is 0.